The monoisotopic (exact) mass is 481 g/mol. The highest BCUT2D eigenvalue weighted by atomic mass is 35.5. The molecular formula is C21H19ClF3N5O3. The zero-order chi connectivity index (χ0) is 24.1. The highest BCUT2D eigenvalue weighted by molar-refractivity contribution is 6.30. The first-order valence-corrected chi connectivity index (χ1v) is 10.3. The van der Waals surface area contributed by atoms with E-state index in [-0.39, 0.29) is 32.0 Å². The Bertz CT molecular complexity index is 1130. The van der Waals surface area contributed by atoms with Crippen molar-refractivity contribution in [3.63, 3.8) is 0 Å². The minimum atomic E-state index is -4.49. The summed E-state index contributed by atoms with van der Waals surface area (Å²) in [5, 5.41) is 0.370. The number of amides is 4. The summed E-state index contributed by atoms with van der Waals surface area (Å²) >= 11 is 5.95. The van der Waals surface area contributed by atoms with Crippen LogP contribution in [0.15, 0.2) is 36.5 Å². The maximum Gasteiger partial charge on any atom is 0.416 e. The number of hydrogen-bond donors (Lipinski definition) is 1. The number of hydrogen-bond acceptors (Lipinski definition) is 4. The fourth-order valence-corrected chi connectivity index (χ4v) is 4.37. The summed E-state index contributed by atoms with van der Waals surface area (Å²) in [5.74, 6) is -0.622. The molecule has 8 nitrogen and oxygen atoms in total. The fraction of sp³-hybridized carbons (Fsp3) is 0.333. The van der Waals surface area contributed by atoms with E-state index in [1.165, 1.54) is 33.0 Å². The van der Waals surface area contributed by atoms with Gasteiger partial charge in [0.05, 0.1) is 23.7 Å². The quantitative estimate of drug-likeness (QED) is 0.728. The topological polar surface area (TPSA) is 99.8 Å². The van der Waals surface area contributed by atoms with Gasteiger partial charge in [-0.3, -0.25) is 14.5 Å². The average Bonchev–Trinajstić information content (AvgIpc) is 2.69. The first kappa shape index (κ1) is 22.8. The Morgan fingerprint density at radius 2 is 1.85 bits per heavy atom. The molecule has 1 aromatic carbocycles. The van der Waals surface area contributed by atoms with Crippen LogP contribution in [0, 0.1) is 6.92 Å². The lowest BCUT2D eigenvalue weighted by atomic mass is 9.83. The molecule has 2 fully saturated rings. The summed E-state index contributed by atoms with van der Waals surface area (Å²) in [6.07, 6.45) is -3.13. The highest BCUT2D eigenvalue weighted by Crippen LogP contribution is 2.37. The average molecular weight is 482 g/mol. The number of nitrogens with zero attached hydrogens (tertiary/aromatic N) is 4. The highest BCUT2D eigenvalue weighted by Gasteiger charge is 2.61. The lowest BCUT2D eigenvalue weighted by Crippen LogP contribution is -2.81. The summed E-state index contributed by atoms with van der Waals surface area (Å²) in [6, 6.07) is 5.23. The minimum Gasteiger partial charge on any atom is -0.351 e. The second-order valence-electron chi connectivity index (χ2n) is 8.09. The molecule has 0 atom stereocenters. The number of piperazine rings is 1. The lowest BCUT2D eigenvalue weighted by Gasteiger charge is -2.57. The summed E-state index contributed by atoms with van der Waals surface area (Å²) < 4.78 is 38.6. The summed E-state index contributed by atoms with van der Waals surface area (Å²) in [4.78, 5) is 46.4. The number of aryl methyl sites for hydroxylation is 1. The molecule has 2 saturated heterocycles. The van der Waals surface area contributed by atoms with Gasteiger partial charge >= 0.3 is 12.2 Å². The third kappa shape index (κ3) is 3.97. The number of carbonyl (C=O) groups is 3. The SMILES string of the molecule is Cc1cc(Cl)cnc1N1CC(=O)N(Cc2ccc(C(F)(F)F)cc2)C2(CN(C(N)=O)C2)C1=O. The van der Waals surface area contributed by atoms with E-state index in [2.05, 4.69) is 4.98 Å². The van der Waals surface area contributed by atoms with Gasteiger partial charge in [0.2, 0.25) is 5.91 Å². The summed E-state index contributed by atoms with van der Waals surface area (Å²) in [6.45, 7) is 1.03. The number of benzene rings is 1. The van der Waals surface area contributed by atoms with Crippen LogP contribution in [0.3, 0.4) is 0 Å². The van der Waals surface area contributed by atoms with Gasteiger partial charge in [0, 0.05) is 12.7 Å². The molecule has 1 spiro atoms. The number of nitrogens with two attached hydrogens (primary N) is 1. The molecule has 4 rings (SSSR count). The number of aromatic nitrogens is 1. The zero-order valence-corrected chi connectivity index (χ0v) is 18.2. The Morgan fingerprint density at radius 3 is 2.39 bits per heavy atom. The van der Waals surface area contributed by atoms with E-state index in [1.54, 1.807) is 13.0 Å². The van der Waals surface area contributed by atoms with E-state index in [4.69, 9.17) is 17.3 Å². The standard InChI is InChI=1S/C21H19ClF3N5O3/c1-12-6-15(22)7-27-17(12)29-9-16(31)30(20(18(29)32)10-28(11-20)19(26)33)8-13-2-4-14(5-3-13)21(23,24)25/h2-7H,8-11H2,1H3,(H2,26,33). The van der Waals surface area contributed by atoms with Gasteiger partial charge in [0.1, 0.15) is 12.4 Å². The van der Waals surface area contributed by atoms with E-state index in [1.807, 2.05) is 0 Å². The number of carbonyl (C=O) groups excluding carboxylic acids is 3. The van der Waals surface area contributed by atoms with Gasteiger partial charge in [-0.25, -0.2) is 9.78 Å². The van der Waals surface area contributed by atoms with E-state index in [0.717, 1.165) is 12.1 Å². The maximum atomic E-state index is 13.6. The van der Waals surface area contributed by atoms with Gasteiger partial charge in [0.15, 0.2) is 5.54 Å². The van der Waals surface area contributed by atoms with Crippen LogP contribution in [0.2, 0.25) is 5.02 Å². The molecule has 0 saturated carbocycles. The molecule has 1 aromatic heterocycles. The molecule has 4 amide bonds. The fourth-order valence-electron chi connectivity index (χ4n) is 4.15. The van der Waals surface area contributed by atoms with Crippen molar-refractivity contribution in [2.45, 2.75) is 25.2 Å². The predicted molar refractivity (Wildman–Crippen MR) is 112 cm³/mol. The van der Waals surface area contributed by atoms with E-state index >= 15 is 0 Å². The molecule has 12 heteroatoms. The molecule has 2 N–H and O–H groups in total. The third-order valence-corrected chi connectivity index (χ3v) is 6.07. The van der Waals surface area contributed by atoms with Gasteiger partial charge in [-0.1, -0.05) is 23.7 Å². The van der Waals surface area contributed by atoms with Crippen molar-refractivity contribution in [3.8, 4) is 0 Å². The van der Waals surface area contributed by atoms with Crippen molar-refractivity contribution >= 4 is 35.3 Å². The number of alkyl halides is 3. The Hall–Kier alpha value is -3.34. The van der Waals surface area contributed by atoms with Crippen LogP contribution in [0.1, 0.15) is 16.7 Å². The van der Waals surface area contributed by atoms with Gasteiger partial charge in [0.25, 0.3) is 5.91 Å². The number of urea groups is 1. The second kappa shape index (κ2) is 7.91. The molecule has 2 aliphatic heterocycles. The van der Waals surface area contributed by atoms with E-state index < -0.39 is 35.1 Å². The normalized spacial score (nSPS) is 18.0. The Kier molecular flexibility index (Phi) is 5.47. The first-order valence-electron chi connectivity index (χ1n) is 9.87. The number of pyridine rings is 1. The molecule has 0 unspecified atom stereocenters. The molecule has 174 valence electrons. The van der Waals surface area contributed by atoms with Crippen LogP contribution in [-0.2, 0) is 22.3 Å². The zero-order valence-electron chi connectivity index (χ0n) is 17.4. The van der Waals surface area contributed by atoms with Crippen LogP contribution < -0.4 is 10.6 Å². The second-order valence-corrected chi connectivity index (χ2v) is 8.52. The molecule has 2 aliphatic rings. The molecule has 0 aliphatic carbocycles. The first-order chi connectivity index (χ1) is 15.4. The van der Waals surface area contributed by atoms with E-state index in [0.29, 0.717) is 16.1 Å². The summed E-state index contributed by atoms with van der Waals surface area (Å²) in [5.41, 5.74) is 4.11. The molecule has 0 bridgehead atoms. The Labute approximate surface area is 191 Å². The largest absolute Gasteiger partial charge is 0.416 e. The van der Waals surface area contributed by atoms with E-state index in [9.17, 15) is 27.6 Å². The van der Waals surface area contributed by atoms with Gasteiger partial charge in [-0.05, 0) is 36.2 Å². The molecule has 2 aromatic rings. The number of likely N-dealkylation sites (tertiary alicyclic amines) is 1. The summed E-state index contributed by atoms with van der Waals surface area (Å²) in [7, 11) is 0. The van der Waals surface area contributed by atoms with Crippen molar-refractivity contribution in [2.75, 3.05) is 24.5 Å². The third-order valence-electron chi connectivity index (χ3n) is 5.87. The van der Waals surface area contributed by atoms with Crippen molar-refractivity contribution < 1.29 is 27.6 Å². The van der Waals surface area contributed by atoms with Crippen molar-refractivity contribution in [1.29, 1.82) is 0 Å². The minimum absolute atomic E-state index is 0.101. The molecule has 33 heavy (non-hydrogen) atoms. The van der Waals surface area contributed by atoms with Gasteiger partial charge < -0.3 is 15.5 Å². The van der Waals surface area contributed by atoms with Crippen LogP contribution in [0.25, 0.3) is 0 Å². The van der Waals surface area contributed by atoms with Crippen LogP contribution in [0.5, 0.6) is 0 Å². The smallest absolute Gasteiger partial charge is 0.351 e. The number of primary amides is 1. The van der Waals surface area contributed by atoms with Crippen LogP contribution in [0.4, 0.5) is 23.8 Å². The Balaban J connectivity index is 1.67. The van der Waals surface area contributed by atoms with Crippen molar-refractivity contribution in [3.05, 3.63) is 58.2 Å². The number of anilines is 1. The van der Waals surface area contributed by atoms with Crippen molar-refractivity contribution in [1.82, 2.24) is 14.8 Å². The van der Waals surface area contributed by atoms with Gasteiger partial charge in [-0.2, -0.15) is 13.2 Å². The number of rotatable bonds is 3. The predicted octanol–water partition coefficient (Wildman–Crippen LogP) is 2.57. The van der Waals surface area contributed by atoms with Gasteiger partial charge in [-0.15, -0.1) is 0 Å². The lowest BCUT2D eigenvalue weighted by molar-refractivity contribution is -0.161. The molecule has 3 heterocycles. The van der Waals surface area contributed by atoms with Crippen molar-refractivity contribution in [2.24, 2.45) is 5.73 Å². The molecule has 0 radical (unpaired) electrons. The van der Waals surface area contributed by atoms with Crippen LogP contribution in [-0.4, -0.2) is 57.8 Å². The Morgan fingerprint density at radius 1 is 1.21 bits per heavy atom. The molecular weight excluding hydrogens is 463 g/mol. The maximum absolute atomic E-state index is 13.6. The van der Waals surface area contributed by atoms with Crippen LogP contribution >= 0.6 is 11.6 Å². The number of halogens is 4.